The molecule has 0 unspecified atom stereocenters. The molecular formula is C19H19NO6. The van der Waals surface area contributed by atoms with Crippen LogP contribution in [0.3, 0.4) is 0 Å². The molecule has 0 aliphatic rings. The fraction of sp³-hybridized carbons (Fsp3) is 0.211. The number of aliphatic hydroxyl groups excluding tert-OH is 1. The summed E-state index contributed by atoms with van der Waals surface area (Å²) >= 11 is 0. The van der Waals surface area contributed by atoms with Crippen LogP contribution in [0.25, 0.3) is 0 Å². The van der Waals surface area contributed by atoms with Crippen LogP contribution in [-0.2, 0) is 27.4 Å². The lowest BCUT2D eigenvalue weighted by Gasteiger charge is -2.07. The quantitative estimate of drug-likeness (QED) is 0.727. The molecule has 0 fully saturated rings. The fourth-order valence-corrected chi connectivity index (χ4v) is 2.09. The zero-order valence-electron chi connectivity index (χ0n) is 14.2. The molecule has 2 N–H and O–H groups in total. The highest BCUT2D eigenvalue weighted by molar-refractivity contribution is 5.91. The molecule has 0 aliphatic heterocycles. The molecule has 2 aromatic carbocycles. The van der Waals surface area contributed by atoms with Crippen molar-refractivity contribution in [1.29, 1.82) is 0 Å². The largest absolute Gasteiger partial charge is 0.465 e. The van der Waals surface area contributed by atoms with Crippen LogP contribution < -0.4 is 5.32 Å². The molecule has 0 saturated heterocycles. The highest BCUT2D eigenvalue weighted by Gasteiger charge is 2.10. The maximum atomic E-state index is 11.8. The zero-order chi connectivity index (χ0) is 18.9. The van der Waals surface area contributed by atoms with E-state index in [-0.39, 0.29) is 13.2 Å². The molecule has 0 heterocycles. The summed E-state index contributed by atoms with van der Waals surface area (Å²) in [4.78, 5) is 35.0. The fourth-order valence-electron chi connectivity index (χ4n) is 2.09. The monoisotopic (exact) mass is 357 g/mol. The predicted octanol–water partition coefficient (Wildman–Crippen LogP) is 1.44. The maximum absolute atomic E-state index is 11.8. The standard InChI is InChI=1S/C19H19NO6/c1-25-18(23)15-6-2-13(3-7-15)10-20-17(22)12-26-19(24)16-8-4-14(11-21)5-9-16/h2-9,21H,10-12H2,1H3,(H,20,22). The number of amides is 1. The van der Waals surface area contributed by atoms with Crippen molar-refractivity contribution < 1.29 is 29.0 Å². The van der Waals surface area contributed by atoms with Crippen LogP contribution in [0, 0.1) is 0 Å². The van der Waals surface area contributed by atoms with Crippen molar-refractivity contribution in [3.8, 4) is 0 Å². The number of ether oxygens (including phenoxy) is 2. The minimum absolute atomic E-state index is 0.113. The molecular weight excluding hydrogens is 338 g/mol. The summed E-state index contributed by atoms with van der Waals surface area (Å²) in [6.45, 7) is -0.276. The number of nitrogens with one attached hydrogen (secondary N) is 1. The number of esters is 2. The second kappa shape index (κ2) is 9.33. The van der Waals surface area contributed by atoms with Crippen molar-refractivity contribution in [2.75, 3.05) is 13.7 Å². The SMILES string of the molecule is COC(=O)c1ccc(CNC(=O)COC(=O)c2ccc(CO)cc2)cc1. The highest BCUT2D eigenvalue weighted by atomic mass is 16.5. The summed E-state index contributed by atoms with van der Waals surface area (Å²) in [6, 6.07) is 12.8. The first-order chi connectivity index (χ1) is 12.5. The zero-order valence-corrected chi connectivity index (χ0v) is 14.2. The minimum Gasteiger partial charge on any atom is -0.465 e. The molecule has 0 atom stereocenters. The lowest BCUT2D eigenvalue weighted by molar-refractivity contribution is -0.124. The van der Waals surface area contributed by atoms with Gasteiger partial charge >= 0.3 is 11.9 Å². The molecule has 0 aromatic heterocycles. The summed E-state index contributed by atoms with van der Waals surface area (Å²) in [5.41, 5.74) is 2.19. The lowest BCUT2D eigenvalue weighted by Crippen LogP contribution is -2.28. The molecule has 2 aromatic rings. The topological polar surface area (TPSA) is 102 Å². The van der Waals surface area contributed by atoms with E-state index in [0.29, 0.717) is 16.7 Å². The van der Waals surface area contributed by atoms with Crippen molar-refractivity contribution in [2.45, 2.75) is 13.2 Å². The molecule has 0 saturated carbocycles. The van der Waals surface area contributed by atoms with Gasteiger partial charge in [0.25, 0.3) is 5.91 Å². The molecule has 0 radical (unpaired) electrons. The number of aliphatic hydroxyl groups is 1. The number of carbonyl (C=O) groups excluding carboxylic acids is 3. The summed E-state index contributed by atoms with van der Waals surface area (Å²) in [5, 5.41) is 11.6. The second-order valence-electron chi connectivity index (χ2n) is 5.40. The van der Waals surface area contributed by atoms with Gasteiger partial charge in [-0.2, -0.15) is 0 Å². The molecule has 1 amide bonds. The molecule has 26 heavy (non-hydrogen) atoms. The minimum atomic E-state index is -0.618. The first-order valence-electron chi connectivity index (χ1n) is 7.84. The highest BCUT2D eigenvalue weighted by Crippen LogP contribution is 2.07. The van der Waals surface area contributed by atoms with E-state index in [4.69, 9.17) is 9.84 Å². The Hall–Kier alpha value is -3.19. The van der Waals surface area contributed by atoms with Gasteiger partial charge in [-0.05, 0) is 35.4 Å². The van der Waals surface area contributed by atoms with E-state index < -0.39 is 24.5 Å². The van der Waals surface area contributed by atoms with E-state index in [1.54, 1.807) is 36.4 Å². The van der Waals surface area contributed by atoms with E-state index in [2.05, 4.69) is 10.1 Å². The number of carbonyl (C=O) groups is 3. The lowest BCUT2D eigenvalue weighted by atomic mass is 10.1. The van der Waals surface area contributed by atoms with Gasteiger partial charge in [-0.25, -0.2) is 9.59 Å². The number of benzene rings is 2. The van der Waals surface area contributed by atoms with Gasteiger partial charge in [-0.3, -0.25) is 4.79 Å². The molecule has 0 aliphatic carbocycles. The van der Waals surface area contributed by atoms with Gasteiger partial charge in [-0.1, -0.05) is 24.3 Å². The molecule has 2 rings (SSSR count). The van der Waals surface area contributed by atoms with Crippen LogP contribution >= 0.6 is 0 Å². The smallest absolute Gasteiger partial charge is 0.338 e. The third-order valence-corrected chi connectivity index (χ3v) is 3.57. The van der Waals surface area contributed by atoms with Crippen molar-refractivity contribution in [2.24, 2.45) is 0 Å². The third-order valence-electron chi connectivity index (χ3n) is 3.57. The Labute approximate surface area is 150 Å². The summed E-state index contributed by atoms with van der Waals surface area (Å²) in [6.07, 6.45) is 0. The number of hydrogen-bond acceptors (Lipinski definition) is 6. The Bertz CT molecular complexity index is 768. The average molecular weight is 357 g/mol. The molecule has 0 bridgehead atoms. The van der Waals surface area contributed by atoms with E-state index in [1.165, 1.54) is 19.2 Å². The van der Waals surface area contributed by atoms with Gasteiger partial charge in [0, 0.05) is 6.54 Å². The van der Waals surface area contributed by atoms with Gasteiger partial charge < -0.3 is 19.9 Å². The van der Waals surface area contributed by atoms with E-state index >= 15 is 0 Å². The Balaban J connectivity index is 1.77. The molecule has 7 heteroatoms. The van der Waals surface area contributed by atoms with Gasteiger partial charge in [-0.15, -0.1) is 0 Å². The van der Waals surface area contributed by atoms with Crippen LogP contribution in [0.1, 0.15) is 31.8 Å². The normalized spacial score (nSPS) is 10.1. The van der Waals surface area contributed by atoms with Crippen molar-refractivity contribution in [3.05, 3.63) is 70.8 Å². The predicted molar refractivity (Wildman–Crippen MR) is 92.3 cm³/mol. The average Bonchev–Trinajstić information content (AvgIpc) is 2.70. The van der Waals surface area contributed by atoms with Gasteiger partial charge in [0.05, 0.1) is 24.8 Å². The maximum Gasteiger partial charge on any atom is 0.338 e. The Morgan fingerprint density at radius 2 is 1.42 bits per heavy atom. The molecule has 136 valence electrons. The number of rotatable bonds is 7. The van der Waals surface area contributed by atoms with Crippen LogP contribution in [-0.4, -0.2) is 36.7 Å². The summed E-state index contributed by atoms with van der Waals surface area (Å²) < 4.78 is 9.55. The summed E-state index contributed by atoms with van der Waals surface area (Å²) in [5.74, 6) is -1.49. The Morgan fingerprint density at radius 3 is 1.96 bits per heavy atom. The Kier molecular flexibility index (Phi) is 6.87. The van der Waals surface area contributed by atoms with Crippen LogP contribution in [0.4, 0.5) is 0 Å². The molecule has 0 spiro atoms. The van der Waals surface area contributed by atoms with Gasteiger partial charge in [0.1, 0.15) is 0 Å². The van der Waals surface area contributed by atoms with Gasteiger partial charge in [0.2, 0.25) is 0 Å². The third kappa shape index (κ3) is 5.42. The Morgan fingerprint density at radius 1 is 0.885 bits per heavy atom. The number of methoxy groups -OCH3 is 1. The molecule has 7 nitrogen and oxygen atoms in total. The van der Waals surface area contributed by atoms with E-state index in [9.17, 15) is 14.4 Å². The van der Waals surface area contributed by atoms with Crippen molar-refractivity contribution in [3.63, 3.8) is 0 Å². The first-order valence-corrected chi connectivity index (χ1v) is 7.84. The van der Waals surface area contributed by atoms with E-state index in [0.717, 1.165) is 5.56 Å². The van der Waals surface area contributed by atoms with Crippen LogP contribution in [0.2, 0.25) is 0 Å². The first kappa shape index (κ1) is 19.1. The second-order valence-corrected chi connectivity index (χ2v) is 5.40. The van der Waals surface area contributed by atoms with Crippen molar-refractivity contribution >= 4 is 17.8 Å². The van der Waals surface area contributed by atoms with Crippen molar-refractivity contribution in [1.82, 2.24) is 5.32 Å². The van der Waals surface area contributed by atoms with Crippen LogP contribution in [0.5, 0.6) is 0 Å². The van der Waals surface area contributed by atoms with Crippen LogP contribution in [0.15, 0.2) is 48.5 Å². The van der Waals surface area contributed by atoms with E-state index in [1.807, 2.05) is 0 Å². The van der Waals surface area contributed by atoms with Gasteiger partial charge in [0.15, 0.2) is 6.61 Å². The number of hydrogen-bond donors (Lipinski definition) is 2. The summed E-state index contributed by atoms with van der Waals surface area (Å²) in [7, 11) is 1.30.